The number of nitrogen functional groups attached to an aromatic ring is 2. The number of rotatable bonds is 8. The Hall–Kier alpha value is -4.56. The molecule has 5 aromatic rings. The number of anilines is 3. The molecule has 2 fully saturated rings. The largest absolute Gasteiger partial charge is 0.489 e. The van der Waals surface area contributed by atoms with Crippen molar-refractivity contribution in [3.05, 3.63) is 58.2 Å². The molecule has 3 aromatic heterocycles. The highest BCUT2D eigenvalue weighted by atomic mass is 35.5. The van der Waals surface area contributed by atoms with E-state index in [1.807, 2.05) is 24.0 Å². The lowest BCUT2D eigenvalue weighted by Gasteiger charge is -2.34. The number of ether oxygens (including phenoxy) is 2. The number of hydrogen-bond acceptors (Lipinski definition) is 13. The molecule has 12 nitrogen and oxygen atoms in total. The van der Waals surface area contributed by atoms with Gasteiger partial charge in [-0.25, -0.2) is 22.2 Å². The third kappa shape index (κ3) is 5.85. The minimum Gasteiger partial charge on any atom is -0.489 e. The van der Waals surface area contributed by atoms with Gasteiger partial charge in [-0.05, 0) is 56.8 Å². The van der Waals surface area contributed by atoms with Crippen LogP contribution in [-0.4, -0.2) is 78.2 Å². The molecular weight excluding hydrogens is 746 g/mol. The van der Waals surface area contributed by atoms with E-state index in [-0.39, 0.29) is 91.0 Å². The number of fused-ring (bicyclic) bond motifs is 2. The minimum absolute atomic E-state index is 0.00872. The fourth-order valence-corrected chi connectivity index (χ4v) is 10.7. The van der Waals surface area contributed by atoms with E-state index in [1.54, 1.807) is 12.3 Å². The first kappa shape index (κ1) is 35.5. The van der Waals surface area contributed by atoms with Crippen molar-refractivity contribution in [3.63, 3.8) is 0 Å². The van der Waals surface area contributed by atoms with E-state index in [0.717, 1.165) is 37.1 Å². The summed E-state index contributed by atoms with van der Waals surface area (Å²) in [6.07, 6.45) is 5.97. The Morgan fingerprint density at radius 2 is 2.02 bits per heavy atom. The molecule has 0 saturated carbocycles. The zero-order valence-electron chi connectivity index (χ0n) is 28.8. The number of sulfone groups is 1. The first-order valence-corrected chi connectivity index (χ1v) is 20.4. The number of hydrogen-bond donors (Lipinski definition) is 2. The molecular formula is C36H35ClF2N8O4S2. The van der Waals surface area contributed by atoms with Crippen LogP contribution in [0.1, 0.15) is 49.8 Å². The van der Waals surface area contributed by atoms with E-state index in [2.05, 4.69) is 14.9 Å². The molecule has 4 N–H and O–H groups in total. The molecule has 3 atom stereocenters. The van der Waals surface area contributed by atoms with Crippen LogP contribution < -0.4 is 25.8 Å². The highest BCUT2D eigenvalue weighted by Gasteiger charge is 2.50. The van der Waals surface area contributed by atoms with E-state index in [9.17, 15) is 13.7 Å². The SMILES string of the molecule is C[C@H](c1cccnc1N)N1CCOc2c(Cl)c(-c3ccc(F)c4sc(N)c(C#N)c34)c(F)c3nc(OC[C@@]45CCCN4[C@H](CS(C)(=O)=O)CC5)nc1c23. The maximum atomic E-state index is 17.4. The minimum atomic E-state index is -3.20. The summed E-state index contributed by atoms with van der Waals surface area (Å²) >= 11 is 7.96. The van der Waals surface area contributed by atoms with Gasteiger partial charge in [0.2, 0.25) is 0 Å². The quantitative estimate of drug-likeness (QED) is 0.181. The van der Waals surface area contributed by atoms with Gasteiger partial charge in [0.1, 0.15) is 57.1 Å². The fraction of sp³-hybridized carbons (Fsp3) is 0.389. The van der Waals surface area contributed by atoms with Crippen LogP contribution in [0, 0.1) is 23.0 Å². The molecule has 3 aliphatic rings. The van der Waals surface area contributed by atoms with Crippen LogP contribution >= 0.6 is 22.9 Å². The van der Waals surface area contributed by atoms with Crippen LogP contribution in [-0.2, 0) is 9.84 Å². The average Bonchev–Trinajstić information content (AvgIpc) is 3.75. The predicted octanol–water partition coefficient (Wildman–Crippen LogP) is 6.25. The number of benzene rings is 2. The molecule has 0 aliphatic carbocycles. The highest BCUT2D eigenvalue weighted by molar-refractivity contribution is 7.90. The lowest BCUT2D eigenvalue weighted by atomic mass is 9.95. The first-order chi connectivity index (χ1) is 25.3. The van der Waals surface area contributed by atoms with Crippen LogP contribution in [0.4, 0.5) is 25.4 Å². The summed E-state index contributed by atoms with van der Waals surface area (Å²) in [5, 5.41) is 10.3. The van der Waals surface area contributed by atoms with E-state index < -0.39 is 33.1 Å². The molecule has 2 aromatic carbocycles. The Kier molecular flexibility index (Phi) is 8.75. The standard InChI is InChI=1S/C36H35ClF2N8O4S2/c1-18(20-5-3-11-43-32(20)41)46-13-14-50-30-26-29(28(39)25(27(30)37)21-6-7-23(38)31-24(21)22(15-40)33(42)52-31)44-35(45-34(26)46)51-17-36-9-4-12-47(36)19(8-10-36)16-53(2,48)49/h3,5-7,11,18-19H,4,8-10,12-14,16-17,42H2,1-2H3,(H2,41,43)/t18-,19+,36+/m1/s1. The second-order valence-corrected chi connectivity index (χ2v) is 17.5. The lowest BCUT2D eigenvalue weighted by molar-refractivity contribution is 0.0895. The van der Waals surface area contributed by atoms with Crippen molar-refractivity contribution >= 4 is 70.4 Å². The second-order valence-electron chi connectivity index (χ2n) is 13.9. The summed E-state index contributed by atoms with van der Waals surface area (Å²) in [5.41, 5.74) is 12.6. The van der Waals surface area contributed by atoms with Gasteiger partial charge in [0.25, 0.3) is 0 Å². The molecule has 0 spiro atoms. The summed E-state index contributed by atoms with van der Waals surface area (Å²) in [5.74, 6) is -0.665. The maximum Gasteiger partial charge on any atom is 0.319 e. The Bertz CT molecular complexity index is 2480. The van der Waals surface area contributed by atoms with E-state index in [4.69, 9.17) is 37.5 Å². The average molecular weight is 781 g/mol. The zero-order chi connectivity index (χ0) is 37.4. The summed E-state index contributed by atoms with van der Waals surface area (Å²) in [7, 11) is -3.20. The van der Waals surface area contributed by atoms with Crippen LogP contribution in [0.25, 0.3) is 32.1 Å². The Balaban J connectivity index is 1.31. The molecule has 17 heteroatoms. The number of halogens is 3. The third-order valence-electron chi connectivity index (χ3n) is 10.8. The smallest absolute Gasteiger partial charge is 0.319 e. The monoisotopic (exact) mass is 780 g/mol. The lowest BCUT2D eigenvalue weighted by Crippen LogP contribution is -2.48. The van der Waals surface area contributed by atoms with Gasteiger partial charge in [-0.3, -0.25) is 4.90 Å². The van der Waals surface area contributed by atoms with Crippen molar-refractivity contribution in [1.82, 2.24) is 19.9 Å². The number of aromatic nitrogens is 3. The van der Waals surface area contributed by atoms with Gasteiger partial charge in [0, 0.05) is 35.0 Å². The van der Waals surface area contributed by atoms with Crippen LogP contribution in [0.2, 0.25) is 5.02 Å². The summed E-state index contributed by atoms with van der Waals surface area (Å²) in [4.78, 5) is 17.9. The van der Waals surface area contributed by atoms with Gasteiger partial charge in [0.05, 0.1) is 44.6 Å². The molecule has 0 radical (unpaired) electrons. The molecule has 53 heavy (non-hydrogen) atoms. The third-order valence-corrected chi connectivity index (χ3v) is 13.2. The number of pyridine rings is 1. The summed E-state index contributed by atoms with van der Waals surface area (Å²) in [6, 6.07) is 7.57. The number of thiophene rings is 1. The first-order valence-electron chi connectivity index (χ1n) is 17.1. The van der Waals surface area contributed by atoms with Crippen molar-refractivity contribution < 1.29 is 26.7 Å². The predicted molar refractivity (Wildman–Crippen MR) is 201 cm³/mol. The normalized spacial score (nSPS) is 20.7. The maximum absolute atomic E-state index is 17.4. The van der Waals surface area contributed by atoms with Crippen LogP contribution in [0.3, 0.4) is 0 Å². The van der Waals surface area contributed by atoms with Gasteiger partial charge < -0.3 is 25.8 Å². The molecule has 0 bridgehead atoms. The van der Waals surface area contributed by atoms with Gasteiger partial charge in [-0.1, -0.05) is 23.7 Å². The molecule has 0 amide bonds. The van der Waals surface area contributed by atoms with Gasteiger partial charge in [-0.2, -0.15) is 15.2 Å². The Morgan fingerprint density at radius 3 is 2.77 bits per heavy atom. The van der Waals surface area contributed by atoms with Crippen molar-refractivity contribution in [2.45, 2.75) is 50.2 Å². The summed E-state index contributed by atoms with van der Waals surface area (Å²) < 4.78 is 69.8. The van der Waals surface area contributed by atoms with Crippen molar-refractivity contribution in [2.24, 2.45) is 0 Å². The number of nitrogens with two attached hydrogens (primary N) is 2. The Labute approximate surface area is 313 Å². The van der Waals surface area contributed by atoms with Crippen molar-refractivity contribution in [3.8, 4) is 29.0 Å². The molecule has 8 rings (SSSR count). The molecule has 276 valence electrons. The molecule has 2 saturated heterocycles. The number of nitrogens with zero attached hydrogens (tertiary/aromatic N) is 6. The van der Waals surface area contributed by atoms with Crippen molar-refractivity contribution in [1.29, 1.82) is 5.26 Å². The molecule has 0 unspecified atom stereocenters. The Morgan fingerprint density at radius 1 is 1.21 bits per heavy atom. The van der Waals surface area contributed by atoms with E-state index in [0.29, 0.717) is 23.6 Å². The van der Waals surface area contributed by atoms with Crippen molar-refractivity contribution in [2.75, 3.05) is 54.7 Å². The number of nitriles is 1. The van der Waals surface area contributed by atoms with E-state index in [1.165, 1.54) is 18.4 Å². The summed E-state index contributed by atoms with van der Waals surface area (Å²) in [6.45, 7) is 3.23. The highest BCUT2D eigenvalue weighted by Crippen LogP contribution is 2.52. The molecule has 3 aliphatic heterocycles. The van der Waals surface area contributed by atoms with E-state index >= 15 is 8.78 Å². The van der Waals surface area contributed by atoms with Gasteiger partial charge in [0.15, 0.2) is 11.6 Å². The van der Waals surface area contributed by atoms with Gasteiger partial charge in [-0.15, -0.1) is 11.3 Å². The fourth-order valence-electron chi connectivity index (χ4n) is 8.41. The topological polar surface area (TPSA) is 174 Å². The van der Waals surface area contributed by atoms with Gasteiger partial charge >= 0.3 is 6.01 Å². The second kappa shape index (κ2) is 13.1. The van der Waals surface area contributed by atoms with Crippen LogP contribution in [0.5, 0.6) is 11.8 Å². The van der Waals surface area contributed by atoms with Crippen LogP contribution in [0.15, 0.2) is 30.5 Å². The molecule has 6 heterocycles. The zero-order valence-corrected chi connectivity index (χ0v) is 31.2.